The molecule has 1 aromatic heterocycles. The highest BCUT2D eigenvalue weighted by Crippen LogP contribution is 2.20. The molecule has 0 N–H and O–H groups in total. The fourth-order valence-electron chi connectivity index (χ4n) is 3.51. The highest BCUT2D eigenvalue weighted by molar-refractivity contribution is 5.94. The number of carbonyl (C=O) groups is 3. The van der Waals surface area contributed by atoms with E-state index in [1.807, 2.05) is 37.6 Å². The van der Waals surface area contributed by atoms with Gasteiger partial charge < -0.3 is 14.4 Å². The molecule has 0 saturated heterocycles. The van der Waals surface area contributed by atoms with E-state index in [0.717, 1.165) is 22.6 Å². The van der Waals surface area contributed by atoms with Crippen molar-refractivity contribution in [3.8, 4) is 5.69 Å². The first-order chi connectivity index (χ1) is 14.7. The maximum atomic E-state index is 12.9. The van der Waals surface area contributed by atoms with Gasteiger partial charge in [-0.2, -0.15) is 5.10 Å². The number of rotatable bonds is 9. The Morgan fingerprint density at radius 2 is 1.74 bits per heavy atom. The fourth-order valence-corrected chi connectivity index (χ4v) is 3.51. The van der Waals surface area contributed by atoms with Crippen LogP contribution in [-0.2, 0) is 25.5 Å². The smallest absolute Gasteiger partial charge is 0.310 e. The second-order valence-electron chi connectivity index (χ2n) is 7.45. The maximum absolute atomic E-state index is 12.9. The van der Waals surface area contributed by atoms with Crippen molar-refractivity contribution in [1.29, 1.82) is 0 Å². The average molecular weight is 430 g/mol. The largest absolute Gasteiger partial charge is 0.469 e. The molecule has 168 valence electrons. The van der Waals surface area contributed by atoms with Crippen LogP contribution in [0.5, 0.6) is 0 Å². The molecule has 0 fully saturated rings. The van der Waals surface area contributed by atoms with Crippen molar-refractivity contribution in [2.45, 2.75) is 40.5 Å². The van der Waals surface area contributed by atoms with Crippen molar-refractivity contribution in [2.24, 2.45) is 5.92 Å². The third kappa shape index (κ3) is 5.71. The Morgan fingerprint density at radius 1 is 1.10 bits per heavy atom. The van der Waals surface area contributed by atoms with E-state index in [-0.39, 0.29) is 17.8 Å². The summed E-state index contributed by atoms with van der Waals surface area (Å²) in [6.45, 7) is 8.27. The SMILES string of the molecule is CCN(CC(C)C(=O)OC)C(=O)c1ccc(-n2nc(C)c(CCC(=O)OC)c2C)cc1. The molecule has 1 atom stereocenters. The molecule has 8 heteroatoms. The van der Waals surface area contributed by atoms with Gasteiger partial charge >= 0.3 is 11.9 Å². The van der Waals surface area contributed by atoms with Crippen molar-refractivity contribution in [1.82, 2.24) is 14.7 Å². The van der Waals surface area contributed by atoms with Crippen molar-refractivity contribution >= 4 is 17.8 Å². The summed E-state index contributed by atoms with van der Waals surface area (Å²) >= 11 is 0. The van der Waals surface area contributed by atoms with Crippen molar-refractivity contribution in [3.63, 3.8) is 0 Å². The molecule has 0 saturated carbocycles. The van der Waals surface area contributed by atoms with Gasteiger partial charge in [0, 0.05) is 30.8 Å². The number of ether oxygens (including phenoxy) is 2. The number of nitrogens with zero attached hydrogens (tertiary/aromatic N) is 3. The quantitative estimate of drug-likeness (QED) is 0.570. The highest BCUT2D eigenvalue weighted by Gasteiger charge is 2.22. The molecule has 1 aromatic carbocycles. The predicted octanol–water partition coefficient (Wildman–Crippen LogP) is 2.87. The topological polar surface area (TPSA) is 90.7 Å². The summed E-state index contributed by atoms with van der Waals surface area (Å²) in [5, 5.41) is 4.60. The van der Waals surface area contributed by atoms with Crippen molar-refractivity contribution < 1.29 is 23.9 Å². The van der Waals surface area contributed by atoms with E-state index in [9.17, 15) is 14.4 Å². The first-order valence-corrected chi connectivity index (χ1v) is 10.3. The summed E-state index contributed by atoms with van der Waals surface area (Å²) < 4.78 is 11.3. The molecule has 2 rings (SSSR count). The summed E-state index contributed by atoms with van der Waals surface area (Å²) in [4.78, 5) is 37.7. The Hall–Kier alpha value is -3.16. The van der Waals surface area contributed by atoms with Gasteiger partial charge in [0.2, 0.25) is 0 Å². The molecule has 2 aromatic rings. The number of methoxy groups -OCH3 is 2. The third-order valence-corrected chi connectivity index (χ3v) is 5.37. The maximum Gasteiger partial charge on any atom is 0.310 e. The van der Waals surface area contributed by atoms with E-state index in [1.54, 1.807) is 24.0 Å². The van der Waals surface area contributed by atoms with Gasteiger partial charge in [-0.05, 0) is 57.0 Å². The molecule has 0 radical (unpaired) electrons. The normalized spacial score (nSPS) is 11.7. The van der Waals surface area contributed by atoms with Gasteiger partial charge in [-0.15, -0.1) is 0 Å². The lowest BCUT2D eigenvalue weighted by atomic mass is 10.1. The fraction of sp³-hybridized carbons (Fsp3) is 0.478. The van der Waals surface area contributed by atoms with Crippen LogP contribution in [0.3, 0.4) is 0 Å². The lowest BCUT2D eigenvalue weighted by molar-refractivity contribution is -0.145. The first kappa shape index (κ1) is 24.1. The summed E-state index contributed by atoms with van der Waals surface area (Å²) in [6.07, 6.45) is 0.860. The van der Waals surface area contributed by atoms with E-state index in [1.165, 1.54) is 14.2 Å². The number of aromatic nitrogens is 2. The Bertz CT molecular complexity index is 933. The minimum Gasteiger partial charge on any atom is -0.469 e. The van der Waals surface area contributed by atoms with E-state index < -0.39 is 5.92 Å². The van der Waals surface area contributed by atoms with Crippen LogP contribution in [0.15, 0.2) is 24.3 Å². The van der Waals surface area contributed by atoms with Crippen LogP contribution < -0.4 is 0 Å². The van der Waals surface area contributed by atoms with Crippen LogP contribution in [0.1, 0.15) is 47.6 Å². The van der Waals surface area contributed by atoms with Gasteiger partial charge in [0.15, 0.2) is 0 Å². The summed E-state index contributed by atoms with van der Waals surface area (Å²) in [5.74, 6) is -1.13. The van der Waals surface area contributed by atoms with E-state index in [4.69, 9.17) is 9.47 Å². The Morgan fingerprint density at radius 3 is 2.29 bits per heavy atom. The summed E-state index contributed by atoms with van der Waals surface area (Å²) in [5.41, 5.74) is 4.18. The number of benzene rings is 1. The Labute approximate surface area is 183 Å². The first-order valence-electron chi connectivity index (χ1n) is 10.3. The average Bonchev–Trinajstić information content (AvgIpc) is 3.07. The van der Waals surface area contributed by atoms with Crippen LogP contribution in [0.2, 0.25) is 0 Å². The monoisotopic (exact) mass is 429 g/mol. The molecule has 8 nitrogen and oxygen atoms in total. The molecule has 0 aliphatic carbocycles. The van der Waals surface area contributed by atoms with Crippen LogP contribution >= 0.6 is 0 Å². The van der Waals surface area contributed by atoms with Crippen LogP contribution in [0, 0.1) is 19.8 Å². The summed E-state index contributed by atoms with van der Waals surface area (Å²) in [6, 6.07) is 7.20. The van der Waals surface area contributed by atoms with E-state index >= 15 is 0 Å². The molecule has 0 spiro atoms. The van der Waals surface area contributed by atoms with E-state index in [0.29, 0.717) is 31.5 Å². The van der Waals surface area contributed by atoms with Crippen molar-refractivity contribution in [2.75, 3.05) is 27.3 Å². The van der Waals surface area contributed by atoms with E-state index in [2.05, 4.69) is 5.10 Å². The number of hydrogen-bond acceptors (Lipinski definition) is 6. The van der Waals surface area contributed by atoms with Gasteiger partial charge in [0.1, 0.15) is 0 Å². The lowest BCUT2D eigenvalue weighted by Gasteiger charge is -2.23. The molecular formula is C23H31N3O5. The second kappa shape index (κ2) is 10.7. The number of amides is 1. The standard InChI is InChI=1S/C23H31N3O5/c1-7-25(14-15(2)23(29)31-6)22(28)18-8-10-19(11-9-18)26-17(4)20(16(3)24-26)12-13-21(27)30-5/h8-11,15H,7,12-14H2,1-6H3. The van der Waals surface area contributed by atoms with Crippen LogP contribution in [0.4, 0.5) is 0 Å². The van der Waals surface area contributed by atoms with Gasteiger partial charge in [0.05, 0.1) is 31.5 Å². The zero-order chi connectivity index (χ0) is 23.1. The zero-order valence-corrected chi connectivity index (χ0v) is 19.1. The molecule has 0 aliphatic rings. The van der Waals surface area contributed by atoms with Crippen LogP contribution in [-0.4, -0.2) is 59.8 Å². The molecular weight excluding hydrogens is 398 g/mol. The number of hydrogen-bond donors (Lipinski definition) is 0. The zero-order valence-electron chi connectivity index (χ0n) is 19.1. The highest BCUT2D eigenvalue weighted by atomic mass is 16.5. The molecule has 0 bridgehead atoms. The molecule has 1 heterocycles. The minimum absolute atomic E-state index is 0.142. The second-order valence-corrected chi connectivity index (χ2v) is 7.45. The Kier molecular flexibility index (Phi) is 8.36. The van der Waals surface area contributed by atoms with Gasteiger partial charge in [-0.25, -0.2) is 4.68 Å². The van der Waals surface area contributed by atoms with Gasteiger partial charge in [-0.3, -0.25) is 14.4 Å². The summed E-state index contributed by atoms with van der Waals surface area (Å²) in [7, 11) is 2.72. The lowest BCUT2D eigenvalue weighted by Crippen LogP contribution is -2.37. The third-order valence-electron chi connectivity index (χ3n) is 5.37. The van der Waals surface area contributed by atoms with Crippen LogP contribution in [0.25, 0.3) is 5.69 Å². The molecule has 1 unspecified atom stereocenters. The minimum atomic E-state index is -0.397. The number of carbonyl (C=O) groups excluding carboxylic acids is 3. The predicted molar refractivity (Wildman–Crippen MR) is 116 cm³/mol. The number of esters is 2. The molecule has 1 amide bonds. The van der Waals surface area contributed by atoms with Crippen molar-refractivity contribution in [3.05, 3.63) is 46.8 Å². The molecule has 31 heavy (non-hydrogen) atoms. The van der Waals surface area contributed by atoms with Gasteiger partial charge in [-0.1, -0.05) is 6.92 Å². The van der Waals surface area contributed by atoms with Gasteiger partial charge in [0.25, 0.3) is 5.91 Å². The Balaban J connectivity index is 2.18. The molecule has 0 aliphatic heterocycles. The number of aryl methyl sites for hydroxylation is 1.